The van der Waals surface area contributed by atoms with Gasteiger partial charge in [0.2, 0.25) is 0 Å². The molecule has 0 aliphatic rings. The van der Waals surface area contributed by atoms with Crippen molar-refractivity contribution in [2.75, 3.05) is 0 Å². The van der Waals surface area contributed by atoms with Gasteiger partial charge in [-0.25, -0.2) is 0 Å². The number of rotatable bonds is 0. The second-order valence-corrected chi connectivity index (χ2v) is 1.72. The second-order valence-electron chi connectivity index (χ2n) is 0.574. The third-order valence-electron chi connectivity index (χ3n) is 0. The van der Waals surface area contributed by atoms with Crippen LogP contribution in [-0.2, 0) is 0 Å². The van der Waals surface area contributed by atoms with Gasteiger partial charge in [0.05, 0.1) is 0 Å². The first-order valence-electron chi connectivity index (χ1n) is 0.875. The molecule has 0 amide bonds. The summed E-state index contributed by atoms with van der Waals surface area (Å²) in [6.07, 6.45) is 0. The molecule has 40 valence electrons. The molecule has 5 nitrogen and oxygen atoms in total. The third-order valence-corrected chi connectivity index (χ3v) is 0. The fourth-order valence-electron chi connectivity index (χ4n) is 0. The van der Waals surface area contributed by atoms with Crippen molar-refractivity contribution in [1.29, 1.82) is 0 Å². The van der Waals surface area contributed by atoms with Crippen molar-refractivity contribution in [3.8, 4) is 0 Å². The fourth-order valence-corrected chi connectivity index (χ4v) is 0. The van der Waals surface area contributed by atoms with Gasteiger partial charge < -0.3 is 24.7 Å². The smallest absolute Gasteiger partial charge is 0.794 e. The van der Waals surface area contributed by atoms with Crippen LogP contribution >= 0.6 is 0 Å². The molecule has 7 heavy (non-hydrogen) atoms. The standard InChI is InChI=1S/K.H3O4Si.H2O/c;1-5(2,3)4;/h;1-3H;1H2/q+1;-1;. The minimum Gasteiger partial charge on any atom is -0.794 e. The predicted molar refractivity (Wildman–Crippen MR) is 16.0 cm³/mol. The van der Waals surface area contributed by atoms with Gasteiger partial charge in [-0.1, -0.05) is 0 Å². The zero-order chi connectivity index (χ0) is 4.50. The molecular weight excluding hydrogens is 147 g/mol. The van der Waals surface area contributed by atoms with Gasteiger partial charge >= 0.3 is 60.4 Å². The fraction of sp³-hybridized carbons (Fsp3) is 0. The van der Waals surface area contributed by atoms with Crippen LogP contribution in [0, 0.1) is 0 Å². The summed E-state index contributed by atoms with van der Waals surface area (Å²) in [7, 11) is -4.86. The molecule has 0 saturated carbocycles. The molecule has 0 atom stereocenters. The van der Waals surface area contributed by atoms with Gasteiger partial charge in [-0.2, -0.15) is 0 Å². The Balaban J connectivity index is -0.0000000800. The average Bonchev–Trinajstić information content (AvgIpc) is 0.722. The van der Waals surface area contributed by atoms with E-state index in [-0.39, 0.29) is 56.9 Å². The van der Waals surface area contributed by atoms with E-state index in [4.69, 9.17) is 19.2 Å². The minimum absolute atomic E-state index is 0. The van der Waals surface area contributed by atoms with Crippen LogP contribution in [0.1, 0.15) is 0 Å². The maximum atomic E-state index is 8.91. The average molecular weight is 152 g/mol. The van der Waals surface area contributed by atoms with Crippen LogP contribution < -0.4 is 56.2 Å². The quantitative estimate of drug-likeness (QED) is 0.299. The van der Waals surface area contributed by atoms with Crippen molar-refractivity contribution in [1.82, 2.24) is 0 Å². The van der Waals surface area contributed by atoms with Gasteiger partial charge in [-0.3, -0.25) is 0 Å². The Hall–Kier alpha value is 1.65. The van der Waals surface area contributed by atoms with Gasteiger partial charge in [-0.05, 0) is 0 Å². The maximum absolute atomic E-state index is 8.91. The third kappa shape index (κ3) is 89.5. The van der Waals surface area contributed by atoms with Crippen LogP contribution in [-0.4, -0.2) is 28.9 Å². The van der Waals surface area contributed by atoms with Crippen molar-refractivity contribution in [3.63, 3.8) is 0 Å². The summed E-state index contributed by atoms with van der Waals surface area (Å²) in [5.41, 5.74) is 0. The van der Waals surface area contributed by atoms with E-state index in [2.05, 4.69) is 0 Å². The van der Waals surface area contributed by atoms with E-state index >= 15 is 0 Å². The summed E-state index contributed by atoms with van der Waals surface area (Å²) in [5.74, 6) is 0. The largest absolute Gasteiger partial charge is 1.00 e. The molecule has 0 aromatic heterocycles. The molecule has 0 bridgehead atoms. The van der Waals surface area contributed by atoms with E-state index in [1.165, 1.54) is 0 Å². The monoisotopic (exact) mass is 152 g/mol. The normalized spacial score (nSPS) is 8.57. The maximum Gasteiger partial charge on any atom is 1.00 e. The van der Waals surface area contributed by atoms with Crippen molar-refractivity contribution in [2.24, 2.45) is 0 Å². The zero-order valence-corrected chi connectivity index (χ0v) is 7.87. The molecule has 0 saturated heterocycles. The predicted octanol–water partition coefficient (Wildman–Crippen LogP) is -7.06. The molecule has 0 rings (SSSR count). The number of hydrogen-bond acceptors (Lipinski definition) is 4. The Kier molecular flexibility index (Phi) is 13.1. The number of hydrogen-bond donors (Lipinski definition) is 3. The van der Waals surface area contributed by atoms with Crippen LogP contribution in [0.25, 0.3) is 0 Å². The van der Waals surface area contributed by atoms with Gasteiger partial charge in [0.1, 0.15) is 0 Å². The molecule has 7 heteroatoms. The first-order chi connectivity index (χ1) is 2.00. The van der Waals surface area contributed by atoms with Crippen LogP contribution in [0.5, 0.6) is 0 Å². The molecule has 5 N–H and O–H groups in total. The van der Waals surface area contributed by atoms with Crippen LogP contribution in [0.4, 0.5) is 0 Å². The van der Waals surface area contributed by atoms with E-state index < -0.39 is 9.05 Å². The summed E-state index contributed by atoms with van der Waals surface area (Å²) in [5, 5.41) is 0. The molecule has 0 radical (unpaired) electrons. The van der Waals surface area contributed by atoms with Gasteiger partial charge in [-0.15, -0.1) is 0 Å². The van der Waals surface area contributed by atoms with Crippen LogP contribution in [0.3, 0.4) is 0 Å². The van der Waals surface area contributed by atoms with Crippen LogP contribution in [0.2, 0.25) is 0 Å². The van der Waals surface area contributed by atoms with Gasteiger partial charge in [0.15, 0.2) is 0 Å². The summed E-state index contributed by atoms with van der Waals surface area (Å²) in [6, 6.07) is 0. The summed E-state index contributed by atoms with van der Waals surface area (Å²) in [4.78, 5) is 30.6. The summed E-state index contributed by atoms with van der Waals surface area (Å²) in [6.45, 7) is 0. The molecule has 0 aliphatic heterocycles. The van der Waals surface area contributed by atoms with Gasteiger partial charge in [0.25, 0.3) is 0 Å². The molecule has 0 aromatic carbocycles. The zero-order valence-electron chi connectivity index (χ0n) is 3.75. The summed E-state index contributed by atoms with van der Waals surface area (Å²) >= 11 is 0. The van der Waals surface area contributed by atoms with Crippen LogP contribution in [0.15, 0.2) is 0 Å². The Morgan fingerprint density at radius 3 is 1.14 bits per heavy atom. The van der Waals surface area contributed by atoms with Crippen molar-refractivity contribution < 1.29 is 76.0 Å². The SMILES string of the molecule is O.[K+].[O-][Si](O)(O)O. The molecule has 0 aromatic rings. The molecule has 0 spiro atoms. The Morgan fingerprint density at radius 2 is 1.14 bits per heavy atom. The topological polar surface area (TPSA) is 115 Å². The first kappa shape index (κ1) is 15.9. The molecule has 0 fully saturated rings. The minimum atomic E-state index is -4.86. The summed E-state index contributed by atoms with van der Waals surface area (Å²) < 4.78 is 0. The molecule has 0 aliphatic carbocycles. The van der Waals surface area contributed by atoms with Crippen molar-refractivity contribution in [3.05, 3.63) is 0 Å². The van der Waals surface area contributed by atoms with E-state index in [0.29, 0.717) is 0 Å². The Bertz CT molecular complexity index is 23.6. The Labute approximate surface area is 83.8 Å². The molecule has 0 heterocycles. The first-order valence-corrected chi connectivity index (χ1v) is 2.62. The van der Waals surface area contributed by atoms with Gasteiger partial charge in [0, 0.05) is 0 Å². The van der Waals surface area contributed by atoms with Crippen molar-refractivity contribution in [2.45, 2.75) is 0 Å². The van der Waals surface area contributed by atoms with E-state index in [1.807, 2.05) is 0 Å². The van der Waals surface area contributed by atoms with E-state index in [9.17, 15) is 0 Å². The second kappa shape index (κ2) is 5.78. The molecular formula is H5KO5Si. The van der Waals surface area contributed by atoms with Crippen molar-refractivity contribution >= 4 is 9.05 Å². The molecule has 0 unspecified atom stereocenters. The van der Waals surface area contributed by atoms with E-state index in [1.54, 1.807) is 0 Å². The van der Waals surface area contributed by atoms with E-state index in [0.717, 1.165) is 0 Å². The Morgan fingerprint density at radius 1 is 1.14 bits per heavy atom.